The highest BCUT2D eigenvalue weighted by atomic mass is 15.0. The summed E-state index contributed by atoms with van der Waals surface area (Å²) >= 11 is 0. The van der Waals surface area contributed by atoms with Gasteiger partial charge in [0.2, 0.25) is 0 Å². The standard InChI is InChI=1S/C59H38N4/c1-4-16-39(17-5-1)51-37-53(41-18-6-2-7-19-41)60-52-35-34-47-46(26-15-27-50(47)58(51)52)40-30-32-43(33-31-40)59-61-54(42-20-8-3-9-21-42)38-55(62-59)44-22-14-23-45(36-44)63-56-28-12-10-24-48(56)49-25-11-13-29-57(49)63/h1-38H. The third kappa shape index (κ3) is 6.44. The van der Waals surface area contributed by atoms with Gasteiger partial charge < -0.3 is 4.57 Å². The molecule has 0 bridgehead atoms. The van der Waals surface area contributed by atoms with E-state index in [9.17, 15) is 0 Å². The third-order valence-corrected chi connectivity index (χ3v) is 12.2. The molecule has 0 unspecified atom stereocenters. The Morgan fingerprint density at radius 1 is 0.286 bits per heavy atom. The molecule has 9 aromatic carbocycles. The highest BCUT2D eigenvalue weighted by Crippen LogP contribution is 2.40. The molecule has 0 saturated carbocycles. The first-order valence-corrected chi connectivity index (χ1v) is 21.4. The Morgan fingerprint density at radius 3 is 1.46 bits per heavy atom. The van der Waals surface area contributed by atoms with Crippen LogP contribution in [-0.4, -0.2) is 19.5 Å². The SMILES string of the molecule is c1ccc(-c2cc(-c3cccc(-n4c5ccccc5c5ccccc54)c3)nc(-c3ccc(-c4cccc5c4ccc4nc(-c6ccccc6)cc(-c6ccccc6)c45)cc3)n2)cc1. The van der Waals surface area contributed by atoms with Crippen molar-refractivity contribution < 1.29 is 0 Å². The van der Waals surface area contributed by atoms with Crippen LogP contribution in [-0.2, 0) is 0 Å². The molecular formula is C59H38N4. The molecule has 3 aromatic heterocycles. The zero-order valence-corrected chi connectivity index (χ0v) is 34.2. The fourth-order valence-electron chi connectivity index (χ4n) is 9.23. The van der Waals surface area contributed by atoms with Crippen molar-refractivity contribution in [2.24, 2.45) is 0 Å². The smallest absolute Gasteiger partial charge is 0.160 e. The zero-order chi connectivity index (χ0) is 41.7. The highest BCUT2D eigenvalue weighted by molar-refractivity contribution is 6.17. The van der Waals surface area contributed by atoms with E-state index in [1.807, 2.05) is 12.1 Å². The van der Waals surface area contributed by atoms with Gasteiger partial charge in [0.1, 0.15) is 0 Å². The van der Waals surface area contributed by atoms with Crippen molar-refractivity contribution in [3.63, 3.8) is 0 Å². The van der Waals surface area contributed by atoms with Gasteiger partial charge in [0.05, 0.1) is 33.6 Å². The topological polar surface area (TPSA) is 43.6 Å². The van der Waals surface area contributed by atoms with E-state index in [-0.39, 0.29) is 0 Å². The van der Waals surface area contributed by atoms with Crippen LogP contribution in [0.15, 0.2) is 231 Å². The van der Waals surface area contributed by atoms with Crippen LogP contribution in [0.3, 0.4) is 0 Å². The Balaban J connectivity index is 0.963. The van der Waals surface area contributed by atoms with Gasteiger partial charge in [0.25, 0.3) is 0 Å². The van der Waals surface area contributed by atoms with E-state index in [1.54, 1.807) is 0 Å². The van der Waals surface area contributed by atoms with Crippen molar-refractivity contribution in [3.05, 3.63) is 231 Å². The number of pyridine rings is 1. The Labute approximate surface area is 365 Å². The number of para-hydroxylation sites is 2. The maximum absolute atomic E-state index is 5.27. The molecule has 0 radical (unpaired) electrons. The molecule has 0 atom stereocenters. The monoisotopic (exact) mass is 802 g/mol. The minimum Gasteiger partial charge on any atom is -0.309 e. The molecule has 0 aliphatic heterocycles. The van der Waals surface area contributed by atoms with Gasteiger partial charge in [-0.05, 0) is 75.5 Å². The van der Waals surface area contributed by atoms with Gasteiger partial charge in [-0.15, -0.1) is 0 Å². The van der Waals surface area contributed by atoms with Crippen LogP contribution in [0.2, 0.25) is 0 Å². The fourth-order valence-corrected chi connectivity index (χ4v) is 9.23. The van der Waals surface area contributed by atoms with Gasteiger partial charge in [-0.25, -0.2) is 15.0 Å². The largest absolute Gasteiger partial charge is 0.309 e. The van der Waals surface area contributed by atoms with Crippen LogP contribution in [0.4, 0.5) is 0 Å². The summed E-state index contributed by atoms with van der Waals surface area (Å²) in [5.74, 6) is 0.678. The first kappa shape index (κ1) is 36.4. The molecule has 0 spiro atoms. The lowest BCUT2D eigenvalue weighted by molar-refractivity contribution is 1.16. The minimum absolute atomic E-state index is 0.678. The molecule has 0 aliphatic rings. The van der Waals surface area contributed by atoms with Gasteiger partial charge in [0, 0.05) is 44.1 Å². The van der Waals surface area contributed by atoms with Gasteiger partial charge in [-0.1, -0.05) is 188 Å². The van der Waals surface area contributed by atoms with Crippen LogP contribution in [0.5, 0.6) is 0 Å². The second-order valence-corrected chi connectivity index (χ2v) is 16.0. The maximum Gasteiger partial charge on any atom is 0.160 e. The average Bonchev–Trinajstić information content (AvgIpc) is 3.71. The van der Waals surface area contributed by atoms with Crippen LogP contribution < -0.4 is 0 Å². The summed E-state index contributed by atoms with van der Waals surface area (Å²) in [5.41, 5.74) is 15.9. The Bertz CT molecular complexity index is 3600. The number of nitrogens with zero attached hydrogens (tertiary/aromatic N) is 4. The van der Waals surface area contributed by atoms with Crippen LogP contribution in [0.25, 0.3) is 117 Å². The van der Waals surface area contributed by atoms with Crippen LogP contribution in [0, 0.1) is 0 Å². The van der Waals surface area contributed by atoms with E-state index in [4.69, 9.17) is 15.0 Å². The fraction of sp³-hybridized carbons (Fsp3) is 0. The Hall–Kier alpha value is -8.47. The molecule has 0 fully saturated rings. The van der Waals surface area contributed by atoms with E-state index < -0.39 is 0 Å². The molecule has 12 rings (SSSR count). The van der Waals surface area contributed by atoms with E-state index in [0.29, 0.717) is 5.82 Å². The second kappa shape index (κ2) is 15.2. The molecule has 12 aromatic rings. The average molecular weight is 803 g/mol. The van der Waals surface area contributed by atoms with Crippen molar-refractivity contribution in [2.45, 2.75) is 0 Å². The van der Waals surface area contributed by atoms with Gasteiger partial charge in [0.15, 0.2) is 5.82 Å². The third-order valence-electron chi connectivity index (χ3n) is 12.2. The molecule has 0 amide bonds. The number of aromatic nitrogens is 4. The maximum atomic E-state index is 5.27. The van der Waals surface area contributed by atoms with Gasteiger partial charge in [-0.2, -0.15) is 0 Å². The number of rotatable bonds is 7. The molecule has 0 saturated heterocycles. The summed E-state index contributed by atoms with van der Waals surface area (Å²) in [4.78, 5) is 15.7. The summed E-state index contributed by atoms with van der Waals surface area (Å²) < 4.78 is 2.35. The quantitative estimate of drug-likeness (QED) is 0.151. The molecule has 4 nitrogen and oxygen atoms in total. The van der Waals surface area contributed by atoms with Crippen molar-refractivity contribution in [3.8, 4) is 73.1 Å². The molecule has 0 aliphatic carbocycles. The van der Waals surface area contributed by atoms with Crippen molar-refractivity contribution >= 4 is 43.5 Å². The molecular weight excluding hydrogens is 765 g/mol. The zero-order valence-electron chi connectivity index (χ0n) is 34.2. The lowest BCUT2D eigenvalue weighted by Gasteiger charge is -2.15. The van der Waals surface area contributed by atoms with Crippen molar-refractivity contribution in [1.29, 1.82) is 0 Å². The van der Waals surface area contributed by atoms with Gasteiger partial charge in [-0.3, -0.25) is 0 Å². The minimum atomic E-state index is 0.678. The Kier molecular flexibility index (Phi) is 8.79. The molecule has 0 N–H and O–H groups in total. The van der Waals surface area contributed by atoms with E-state index in [2.05, 4.69) is 223 Å². The second-order valence-electron chi connectivity index (χ2n) is 16.0. The summed E-state index contributed by atoms with van der Waals surface area (Å²) in [7, 11) is 0. The number of hydrogen-bond donors (Lipinski definition) is 0. The molecule has 4 heteroatoms. The van der Waals surface area contributed by atoms with Crippen molar-refractivity contribution in [1.82, 2.24) is 19.5 Å². The van der Waals surface area contributed by atoms with E-state index >= 15 is 0 Å². The number of hydrogen-bond acceptors (Lipinski definition) is 3. The molecule has 294 valence electrons. The first-order chi connectivity index (χ1) is 31.2. The van der Waals surface area contributed by atoms with Gasteiger partial charge >= 0.3 is 0 Å². The lowest BCUT2D eigenvalue weighted by atomic mass is 9.91. The summed E-state index contributed by atoms with van der Waals surface area (Å²) in [5, 5.41) is 5.98. The number of fused-ring (bicyclic) bond motifs is 6. The summed E-state index contributed by atoms with van der Waals surface area (Å²) in [6.07, 6.45) is 0. The van der Waals surface area contributed by atoms with Crippen LogP contribution in [0.1, 0.15) is 0 Å². The Morgan fingerprint density at radius 2 is 0.794 bits per heavy atom. The van der Waals surface area contributed by atoms with E-state index in [1.165, 1.54) is 43.7 Å². The van der Waals surface area contributed by atoms with E-state index in [0.717, 1.165) is 67.1 Å². The molecule has 3 heterocycles. The lowest BCUT2D eigenvalue weighted by Crippen LogP contribution is -1.98. The normalized spacial score (nSPS) is 11.5. The highest BCUT2D eigenvalue weighted by Gasteiger charge is 2.17. The van der Waals surface area contributed by atoms with Crippen molar-refractivity contribution in [2.75, 3.05) is 0 Å². The molecule has 63 heavy (non-hydrogen) atoms. The first-order valence-electron chi connectivity index (χ1n) is 21.4. The van der Waals surface area contributed by atoms with Crippen LogP contribution >= 0.6 is 0 Å². The number of benzene rings is 9. The predicted octanol–water partition coefficient (Wildman–Crippen LogP) is 15.3. The summed E-state index contributed by atoms with van der Waals surface area (Å²) in [6.45, 7) is 0. The summed E-state index contributed by atoms with van der Waals surface area (Å²) in [6, 6.07) is 81.5. The predicted molar refractivity (Wildman–Crippen MR) is 262 cm³/mol.